The quantitative estimate of drug-likeness (QED) is 0.612. The Balaban J connectivity index is 2.30. The molecule has 1 atom stereocenters. The molecule has 24 heavy (non-hydrogen) atoms. The van der Waals surface area contributed by atoms with E-state index in [1.807, 2.05) is 0 Å². The number of aliphatic carboxylic acids is 1. The largest absolute Gasteiger partial charge is 0.490 e. The lowest BCUT2D eigenvalue weighted by Crippen LogP contribution is -2.32. The molecule has 6 heteroatoms. The van der Waals surface area contributed by atoms with Crippen molar-refractivity contribution in [3.8, 4) is 11.5 Å². The molecule has 0 aliphatic rings. The number of rotatable bonds is 11. The topological polar surface area (TPSA) is 98.9 Å². The van der Waals surface area contributed by atoms with Gasteiger partial charge in [0.1, 0.15) is 6.04 Å². The number of carboxylic acids is 1. The van der Waals surface area contributed by atoms with Crippen LogP contribution in [0, 0.1) is 0 Å². The van der Waals surface area contributed by atoms with Crippen LogP contribution in [0.5, 0.6) is 11.5 Å². The fraction of sp³-hybridized carbons (Fsp3) is 0.556. The second-order valence-electron chi connectivity index (χ2n) is 5.99. The molecule has 132 valence electrons. The number of fused-ring (bicyclic) bond motifs is 1. The van der Waals surface area contributed by atoms with Crippen molar-refractivity contribution in [2.24, 2.45) is 5.73 Å². The monoisotopic (exact) mass is 335 g/mol. The van der Waals surface area contributed by atoms with Crippen LogP contribution in [0.3, 0.4) is 0 Å². The first-order valence-corrected chi connectivity index (χ1v) is 8.49. The van der Waals surface area contributed by atoms with Crippen LogP contribution < -0.4 is 20.6 Å². The van der Waals surface area contributed by atoms with E-state index in [0.717, 1.165) is 25.7 Å². The first kappa shape index (κ1) is 18.3. The third-order valence-electron chi connectivity index (χ3n) is 3.98. The highest BCUT2D eigenvalue weighted by molar-refractivity contribution is 6.06. The second-order valence-corrected chi connectivity index (χ2v) is 5.99. The summed E-state index contributed by atoms with van der Waals surface area (Å²) in [6.45, 7) is 5.18. The second kappa shape index (κ2) is 8.15. The van der Waals surface area contributed by atoms with E-state index in [0.29, 0.717) is 41.0 Å². The summed E-state index contributed by atoms with van der Waals surface area (Å²) in [5.74, 6) is -0.0856. The zero-order valence-corrected chi connectivity index (χ0v) is 14.3. The van der Waals surface area contributed by atoms with Gasteiger partial charge in [-0.05, 0) is 30.9 Å². The van der Waals surface area contributed by atoms with Crippen molar-refractivity contribution in [1.29, 1.82) is 0 Å². The van der Waals surface area contributed by atoms with Crippen LogP contribution in [-0.2, 0) is 11.2 Å². The Morgan fingerprint density at radius 3 is 2.38 bits per heavy atom. The van der Waals surface area contributed by atoms with Gasteiger partial charge in [-0.1, -0.05) is 26.7 Å². The Kier molecular flexibility index (Phi) is 6.20. The predicted octanol–water partition coefficient (Wildman–Crippen LogP) is 2.39. The molecule has 0 heterocycles. The molecule has 0 aliphatic carbocycles. The number of carboxylic acid groups (broad SMARTS) is 1. The Hall–Kier alpha value is -2.08. The van der Waals surface area contributed by atoms with Crippen LogP contribution in [0.1, 0.15) is 45.1 Å². The van der Waals surface area contributed by atoms with Crippen LogP contribution in [-0.4, -0.2) is 30.3 Å². The third-order valence-corrected chi connectivity index (χ3v) is 3.98. The number of ether oxygens (including phenoxy) is 2. The van der Waals surface area contributed by atoms with Gasteiger partial charge >= 0.3 is 5.97 Å². The summed E-state index contributed by atoms with van der Waals surface area (Å²) in [4.78, 5) is 23.1. The lowest BCUT2D eigenvalue weighted by molar-refractivity contribution is -0.138. The lowest BCUT2D eigenvalue weighted by Gasteiger charge is -2.14. The van der Waals surface area contributed by atoms with Crippen molar-refractivity contribution in [1.82, 2.24) is 0 Å². The van der Waals surface area contributed by atoms with Gasteiger partial charge in [0.25, 0.3) is 0 Å². The van der Waals surface area contributed by atoms with Crippen molar-refractivity contribution in [3.63, 3.8) is 0 Å². The Morgan fingerprint density at radius 1 is 1.17 bits per heavy atom. The molecule has 6 nitrogen and oxygen atoms in total. The van der Waals surface area contributed by atoms with Crippen molar-refractivity contribution in [2.75, 3.05) is 13.2 Å². The summed E-state index contributed by atoms with van der Waals surface area (Å²) in [5, 5.41) is 10.1. The van der Waals surface area contributed by atoms with Gasteiger partial charge in [-0.2, -0.15) is 0 Å². The number of benzene rings is 1. The first-order valence-electron chi connectivity index (χ1n) is 8.49. The molecule has 0 bridgehead atoms. The van der Waals surface area contributed by atoms with Gasteiger partial charge in [0.2, 0.25) is 0 Å². The number of carbonyl (C=O) groups is 1. The molecule has 0 fully saturated rings. The summed E-state index contributed by atoms with van der Waals surface area (Å²) < 4.78 is 11.6. The molecule has 2 aromatic carbocycles. The zero-order valence-electron chi connectivity index (χ0n) is 14.3. The Bertz CT molecular complexity index is 715. The van der Waals surface area contributed by atoms with Crippen LogP contribution in [0.15, 0.2) is 10.9 Å². The van der Waals surface area contributed by atoms with E-state index in [-0.39, 0.29) is 11.8 Å². The van der Waals surface area contributed by atoms with E-state index in [1.54, 1.807) is 6.07 Å². The average Bonchev–Trinajstić information content (AvgIpc) is 3.21. The molecule has 1 unspecified atom stereocenters. The summed E-state index contributed by atoms with van der Waals surface area (Å²) in [7, 11) is 0. The highest BCUT2D eigenvalue weighted by Gasteiger charge is 2.28. The Morgan fingerprint density at radius 2 is 1.79 bits per heavy atom. The summed E-state index contributed by atoms with van der Waals surface area (Å²) in [6.07, 6.45) is 3.87. The van der Waals surface area contributed by atoms with Crippen LogP contribution in [0.4, 0.5) is 0 Å². The minimum atomic E-state index is -1.09. The molecule has 3 N–H and O–H groups in total. The van der Waals surface area contributed by atoms with Crippen molar-refractivity contribution >= 4 is 16.7 Å². The smallest absolute Gasteiger partial charge is 0.320 e. The van der Waals surface area contributed by atoms with Gasteiger partial charge in [0, 0.05) is 5.39 Å². The van der Waals surface area contributed by atoms with Crippen molar-refractivity contribution < 1.29 is 19.4 Å². The minimum absolute atomic E-state index is 0.0978. The van der Waals surface area contributed by atoms with E-state index in [9.17, 15) is 9.59 Å². The fourth-order valence-corrected chi connectivity index (χ4v) is 2.49. The number of unbranched alkanes of at least 4 members (excludes halogenated alkanes) is 2. The van der Waals surface area contributed by atoms with Crippen molar-refractivity contribution in [2.45, 2.75) is 52.0 Å². The highest BCUT2D eigenvalue weighted by Crippen LogP contribution is 2.40. The molecule has 0 amide bonds. The van der Waals surface area contributed by atoms with E-state index in [4.69, 9.17) is 20.3 Å². The van der Waals surface area contributed by atoms with Gasteiger partial charge in [-0.25, -0.2) is 0 Å². The van der Waals surface area contributed by atoms with Gasteiger partial charge < -0.3 is 20.3 Å². The number of nitrogens with two attached hydrogens (primary N) is 1. The first-order chi connectivity index (χ1) is 11.5. The summed E-state index contributed by atoms with van der Waals surface area (Å²) in [5.41, 5.74) is 6.14. The van der Waals surface area contributed by atoms with Gasteiger partial charge in [0.15, 0.2) is 16.9 Å². The molecular formula is C18H25NO5. The molecule has 0 saturated heterocycles. The van der Waals surface area contributed by atoms with Gasteiger partial charge in [-0.15, -0.1) is 0 Å². The normalized spacial score (nSPS) is 12.6. The maximum absolute atomic E-state index is 12.1. The van der Waals surface area contributed by atoms with Crippen LogP contribution >= 0.6 is 0 Å². The predicted molar refractivity (Wildman–Crippen MR) is 92.7 cm³/mol. The van der Waals surface area contributed by atoms with E-state index < -0.39 is 12.0 Å². The highest BCUT2D eigenvalue weighted by atomic mass is 16.5. The standard InChI is InChI=1S/C18H25NO5/c1-3-5-7-23-13-10-11(9-12(19)18(21)22)14-15(16(14)20)17(13)24-8-6-4-2/h10,12H,3-9,19H2,1-2H3,(H,21,22). The van der Waals surface area contributed by atoms with Gasteiger partial charge in [0.05, 0.1) is 18.6 Å². The van der Waals surface area contributed by atoms with Crippen LogP contribution in [0.25, 0.3) is 10.8 Å². The maximum Gasteiger partial charge on any atom is 0.320 e. The number of hydrogen-bond donors (Lipinski definition) is 2. The zero-order chi connectivity index (χ0) is 17.7. The molecule has 2 rings (SSSR count). The summed E-state index contributed by atoms with van der Waals surface area (Å²) in [6, 6.07) is 0.668. The average molecular weight is 335 g/mol. The van der Waals surface area contributed by atoms with E-state index >= 15 is 0 Å². The molecule has 0 radical (unpaired) electrons. The lowest BCUT2D eigenvalue weighted by atomic mass is 10.1. The Labute approximate surface area is 141 Å². The van der Waals surface area contributed by atoms with E-state index in [1.165, 1.54) is 0 Å². The summed E-state index contributed by atoms with van der Waals surface area (Å²) >= 11 is 0. The van der Waals surface area contributed by atoms with Crippen LogP contribution in [0.2, 0.25) is 0 Å². The van der Waals surface area contributed by atoms with Crippen molar-refractivity contribution in [3.05, 3.63) is 21.9 Å². The fourth-order valence-electron chi connectivity index (χ4n) is 2.49. The molecule has 0 aliphatic heterocycles. The third kappa shape index (κ3) is 4.06. The maximum atomic E-state index is 12.1. The van der Waals surface area contributed by atoms with E-state index in [2.05, 4.69) is 13.8 Å². The molecule has 2 aromatic rings. The molecule has 0 spiro atoms. The molecular weight excluding hydrogens is 310 g/mol. The number of hydrogen-bond acceptors (Lipinski definition) is 5. The molecule has 0 aromatic heterocycles. The minimum Gasteiger partial charge on any atom is -0.490 e. The van der Waals surface area contributed by atoms with Gasteiger partial charge in [-0.3, -0.25) is 9.59 Å². The SMILES string of the molecule is CCCCOc1cc(CC(N)C(=O)O)c2c(=O)c2c1OCCCC. The molecule has 0 saturated carbocycles.